The van der Waals surface area contributed by atoms with Crippen molar-refractivity contribution in [2.75, 3.05) is 0 Å². The Morgan fingerprint density at radius 2 is 2.00 bits per heavy atom. The molecule has 1 saturated carbocycles. The van der Waals surface area contributed by atoms with Gasteiger partial charge in [-0.05, 0) is 32.1 Å². The van der Waals surface area contributed by atoms with Gasteiger partial charge in [0.1, 0.15) is 6.04 Å². The van der Waals surface area contributed by atoms with Gasteiger partial charge in [0.05, 0.1) is 0 Å². The maximum Gasteiger partial charge on any atom is 0.320 e. The fraction of sp³-hybridized carbons (Fsp3) is 0.923. The molecule has 1 rings (SSSR count). The van der Waals surface area contributed by atoms with E-state index in [2.05, 4.69) is 12.2 Å². The number of hydrogen-bond acceptors (Lipinski definition) is 2. The highest BCUT2D eigenvalue weighted by Gasteiger charge is 2.25. The number of rotatable bonds is 6. The van der Waals surface area contributed by atoms with E-state index in [0.717, 1.165) is 12.8 Å². The summed E-state index contributed by atoms with van der Waals surface area (Å²) in [5.74, 6) is -0.0487. The third-order valence-electron chi connectivity index (χ3n) is 3.65. The van der Waals surface area contributed by atoms with Gasteiger partial charge in [0.15, 0.2) is 0 Å². The first-order valence-electron chi connectivity index (χ1n) is 6.64. The first-order valence-corrected chi connectivity index (χ1v) is 6.64. The van der Waals surface area contributed by atoms with Crippen molar-refractivity contribution in [3.63, 3.8) is 0 Å². The van der Waals surface area contributed by atoms with Crippen molar-refractivity contribution in [3.05, 3.63) is 0 Å². The molecule has 0 bridgehead atoms. The van der Waals surface area contributed by atoms with Crippen LogP contribution in [0.5, 0.6) is 0 Å². The molecule has 3 heteroatoms. The lowest BCUT2D eigenvalue weighted by molar-refractivity contribution is -0.139. The smallest absolute Gasteiger partial charge is 0.320 e. The van der Waals surface area contributed by atoms with E-state index in [1.165, 1.54) is 32.1 Å². The van der Waals surface area contributed by atoms with Gasteiger partial charge in [0, 0.05) is 6.04 Å². The summed E-state index contributed by atoms with van der Waals surface area (Å²) in [6.07, 6.45) is 8.74. The molecule has 0 heterocycles. The lowest BCUT2D eigenvalue weighted by Crippen LogP contribution is -2.45. The van der Waals surface area contributed by atoms with Gasteiger partial charge in [-0.2, -0.15) is 0 Å². The number of carbonyl (C=O) groups is 1. The topological polar surface area (TPSA) is 49.3 Å². The van der Waals surface area contributed by atoms with Crippen LogP contribution in [-0.4, -0.2) is 23.2 Å². The largest absolute Gasteiger partial charge is 0.480 e. The predicted octanol–water partition coefficient (Wildman–Crippen LogP) is 2.80. The zero-order valence-electron chi connectivity index (χ0n) is 10.5. The molecule has 0 saturated heterocycles. The summed E-state index contributed by atoms with van der Waals surface area (Å²) >= 11 is 0. The Hall–Kier alpha value is -0.570. The molecular formula is C13H25NO2. The molecule has 1 fully saturated rings. The number of carboxylic acids is 1. The van der Waals surface area contributed by atoms with Crippen molar-refractivity contribution in [2.45, 2.75) is 70.9 Å². The molecule has 1 aliphatic rings. The molecule has 0 aromatic carbocycles. The lowest BCUT2D eigenvalue weighted by atomic mass is 9.82. The summed E-state index contributed by atoms with van der Waals surface area (Å²) in [7, 11) is 0. The van der Waals surface area contributed by atoms with Gasteiger partial charge in [-0.15, -0.1) is 0 Å². The molecule has 16 heavy (non-hydrogen) atoms. The summed E-state index contributed by atoms with van der Waals surface area (Å²) in [6, 6.07) is -0.0186. The Balaban J connectivity index is 2.48. The minimum atomic E-state index is -0.739. The predicted molar refractivity (Wildman–Crippen MR) is 65.5 cm³/mol. The second-order valence-corrected chi connectivity index (χ2v) is 5.02. The molecule has 0 aromatic heterocycles. The van der Waals surface area contributed by atoms with Crippen LogP contribution in [0, 0.1) is 5.92 Å². The van der Waals surface area contributed by atoms with Crippen molar-refractivity contribution in [2.24, 2.45) is 5.92 Å². The van der Waals surface area contributed by atoms with Crippen LogP contribution in [0.15, 0.2) is 0 Å². The van der Waals surface area contributed by atoms with Crippen LogP contribution >= 0.6 is 0 Å². The molecular weight excluding hydrogens is 202 g/mol. The fourth-order valence-electron chi connectivity index (χ4n) is 2.70. The molecule has 2 atom stereocenters. The molecule has 0 amide bonds. The van der Waals surface area contributed by atoms with Gasteiger partial charge in [-0.1, -0.05) is 32.6 Å². The van der Waals surface area contributed by atoms with Crippen molar-refractivity contribution in [1.82, 2.24) is 5.32 Å². The summed E-state index contributed by atoms with van der Waals surface area (Å²) in [5.41, 5.74) is 0. The lowest BCUT2D eigenvalue weighted by Gasteiger charge is -2.32. The molecule has 3 nitrogen and oxygen atoms in total. The molecule has 94 valence electrons. The van der Waals surface area contributed by atoms with Gasteiger partial charge in [0.2, 0.25) is 0 Å². The van der Waals surface area contributed by atoms with Gasteiger partial charge < -0.3 is 10.4 Å². The van der Waals surface area contributed by atoms with E-state index in [0.29, 0.717) is 12.0 Å². The SMILES string of the molecule is CCCC(NC(C)C(=O)O)C1CCCCC1. The van der Waals surface area contributed by atoms with Gasteiger partial charge in [0.25, 0.3) is 0 Å². The molecule has 0 spiro atoms. The second-order valence-electron chi connectivity index (χ2n) is 5.02. The number of aliphatic carboxylic acids is 1. The van der Waals surface area contributed by atoms with E-state index in [-0.39, 0.29) is 0 Å². The summed E-state index contributed by atoms with van der Waals surface area (Å²) in [5, 5.41) is 12.2. The normalized spacial score (nSPS) is 21.6. The van der Waals surface area contributed by atoms with Crippen molar-refractivity contribution >= 4 is 5.97 Å². The maximum absolute atomic E-state index is 10.9. The maximum atomic E-state index is 10.9. The first kappa shape index (κ1) is 13.5. The van der Waals surface area contributed by atoms with Crippen molar-refractivity contribution < 1.29 is 9.90 Å². The average Bonchev–Trinajstić information content (AvgIpc) is 2.29. The average molecular weight is 227 g/mol. The molecule has 0 aromatic rings. The van der Waals surface area contributed by atoms with E-state index in [1.54, 1.807) is 6.92 Å². The Morgan fingerprint density at radius 3 is 2.50 bits per heavy atom. The van der Waals surface area contributed by atoms with E-state index in [4.69, 9.17) is 5.11 Å². The minimum absolute atomic E-state index is 0.399. The molecule has 2 unspecified atom stereocenters. The summed E-state index contributed by atoms with van der Waals surface area (Å²) in [6.45, 7) is 3.91. The minimum Gasteiger partial charge on any atom is -0.480 e. The van der Waals surface area contributed by atoms with E-state index < -0.39 is 12.0 Å². The van der Waals surface area contributed by atoms with Crippen molar-refractivity contribution in [3.8, 4) is 0 Å². The van der Waals surface area contributed by atoms with Gasteiger partial charge in [-0.3, -0.25) is 4.79 Å². The fourth-order valence-corrected chi connectivity index (χ4v) is 2.70. The number of hydrogen-bond donors (Lipinski definition) is 2. The first-order chi connectivity index (χ1) is 7.65. The van der Waals surface area contributed by atoms with E-state index >= 15 is 0 Å². The van der Waals surface area contributed by atoms with Crippen molar-refractivity contribution in [1.29, 1.82) is 0 Å². The standard InChI is InChI=1S/C13H25NO2/c1-3-7-12(14-10(2)13(15)16)11-8-5-4-6-9-11/h10-12,14H,3-9H2,1-2H3,(H,15,16). The van der Waals surface area contributed by atoms with E-state index in [9.17, 15) is 4.79 Å². The van der Waals surface area contributed by atoms with Crippen LogP contribution in [0.1, 0.15) is 58.8 Å². The van der Waals surface area contributed by atoms with Crippen LogP contribution in [0.4, 0.5) is 0 Å². The summed E-state index contributed by atoms with van der Waals surface area (Å²) < 4.78 is 0. The zero-order chi connectivity index (χ0) is 12.0. The highest BCUT2D eigenvalue weighted by Crippen LogP contribution is 2.28. The quantitative estimate of drug-likeness (QED) is 0.733. The summed E-state index contributed by atoms with van der Waals surface area (Å²) in [4.78, 5) is 10.9. The molecule has 1 aliphatic carbocycles. The third-order valence-corrected chi connectivity index (χ3v) is 3.65. The molecule has 0 radical (unpaired) electrons. The highest BCUT2D eigenvalue weighted by molar-refractivity contribution is 5.72. The van der Waals surface area contributed by atoms with E-state index in [1.807, 2.05) is 0 Å². The van der Waals surface area contributed by atoms with Gasteiger partial charge >= 0.3 is 5.97 Å². The van der Waals surface area contributed by atoms with Crippen LogP contribution in [-0.2, 0) is 4.79 Å². The zero-order valence-corrected chi connectivity index (χ0v) is 10.5. The van der Waals surface area contributed by atoms with Crippen LogP contribution in [0.3, 0.4) is 0 Å². The molecule has 0 aliphatic heterocycles. The monoisotopic (exact) mass is 227 g/mol. The second kappa shape index (κ2) is 6.89. The Labute approximate surface area is 98.6 Å². The van der Waals surface area contributed by atoms with Crippen LogP contribution in [0.2, 0.25) is 0 Å². The Kier molecular flexibility index (Phi) is 5.81. The highest BCUT2D eigenvalue weighted by atomic mass is 16.4. The third kappa shape index (κ3) is 4.12. The number of carboxylic acid groups (broad SMARTS) is 1. The van der Waals surface area contributed by atoms with Gasteiger partial charge in [-0.25, -0.2) is 0 Å². The number of nitrogens with one attached hydrogen (secondary N) is 1. The van der Waals surface area contributed by atoms with Crippen LogP contribution in [0.25, 0.3) is 0 Å². The van der Waals surface area contributed by atoms with Crippen LogP contribution < -0.4 is 5.32 Å². The molecule has 2 N–H and O–H groups in total. The Morgan fingerprint density at radius 1 is 1.38 bits per heavy atom. The Bertz CT molecular complexity index is 212.